The Kier molecular flexibility index (Phi) is 4.30. The van der Waals surface area contributed by atoms with Crippen LogP contribution in [0.25, 0.3) is 0 Å². The zero-order valence-corrected chi connectivity index (χ0v) is 13.8. The third-order valence-corrected chi connectivity index (χ3v) is 5.89. The fourth-order valence-corrected chi connectivity index (χ4v) is 4.64. The standard InChI is InChI=1S/C15H24N4O2S/c1-4-15(11-19(5-1)14-17-16-12-22-14)10-18(6-9-21-15)13-2-7-20-8-3-13/h12-13H,1-11H2/t15-/m1/s1. The van der Waals surface area contributed by atoms with Crippen LogP contribution < -0.4 is 4.90 Å². The quantitative estimate of drug-likeness (QED) is 0.819. The molecule has 4 rings (SSSR count). The Labute approximate surface area is 135 Å². The largest absolute Gasteiger partial charge is 0.381 e. The monoisotopic (exact) mass is 324 g/mol. The van der Waals surface area contributed by atoms with Crippen molar-refractivity contribution in [1.82, 2.24) is 15.1 Å². The predicted octanol–water partition coefficient (Wildman–Crippen LogP) is 1.39. The molecule has 0 aromatic carbocycles. The van der Waals surface area contributed by atoms with Crippen LogP contribution in [0, 0.1) is 0 Å². The molecule has 6 nitrogen and oxygen atoms in total. The Morgan fingerprint density at radius 2 is 2.09 bits per heavy atom. The number of nitrogens with zero attached hydrogens (tertiary/aromatic N) is 4. The van der Waals surface area contributed by atoms with E-state index in [9.17, 15) is 0 Å². The molecule has 3 fully saturated rings. The van der Waals surface area contributed by atoms with Crippen molar-refractivity contribution in [2.75, 3.05) is 50.9 Å². The van der Waals surface area contributed by atoms with Gasteiger partial charge in [-0.05, 0) is 25.7 Å². The van der Waals surface area contributed by atoms with Crippen LogP contribution in [0.1, 0.15) is 25.7 Å². The van der Waals surface area contributed by atoms with E-state index in [1.54, 1.807) is 11.3 Å². The Balaban J connectivity index is 1.45. The van der Waals surface area contributed by atoms with E-state index in [1.807, 2.05) is 5.51 Å². The maximum Gasteiger partial charge on any atom is 0.208 e. The molecule has 3 aliphatic rings. The first-order chi connectivity index (χ1) is 10.8. The molecule has 3 saturated heterocycles. The van der Waals surface area contributed by atoms with Gasteiger partial charge in [-0.25, -0.2) is 0 Å². The van der Waals surface area contributed by atoms with Gasteiger partial charge in [-0.1, -0.05) is 11.3 Å². The second kappa shape index (κ2) is 6.39. The molecule has 22 heavy (non-hydrogen) atoms. The molecule has 1 aromatic heterocycles. The smallest absolute Gasteiger partial charge is 0.208 e. The number of hydrogen-bond donors (Lipinski definition) is 0. The third-order valence-electron chi connectivity index (χ3n) is 5.14. The van der Waals surface area contributed by atoms with Gasteiger partial charge in [0.1, 0.15) is 5.51 Å². The number of ether oxygens (including phenoxy) is 2. The first kappa shape index (κ1) is 14.8. The van der Waals surface area contributed by atoms with Crippen LogP contribution in [-0.2, 0) is 9.47 Å². The van der Waals surface area contributed by atoms with Crippen molar-refractivity contribution in [1.29, 1.82) is 0 Å². The average molecular weight is 324 g/mol. The van der Waals surface area contributed by atoms with Crippen molar-refractivity contribution >= 4 is 16.5 Å². The minimum atomic E-state index is -0.0273. The van der Waals surface area contributed by atoms with Crippen molar-refractivity contribution in [3.05, 3.63) is 5.51 Å². The second-order valence-corrected chi connectivity index (χ2v) is 7.40. The Morgan fingerprint density at radius 3 is 2.91 bits per heavy atom. The molecule has 1 atom stereocenters. The summed E-state index contributed by atoms with van der Waals surface area (Å²) >= 11 is 1.62. The first-order valence-corrected chi connectivity index (χ1v) is 9.20. The molecule has 0 aliphatic carbocycles. The molecule has 0 unspecified atom stereocenters. The minimum Gasteiger partial charge on any atom is -0.381 e. The summed E-state index contributed by atoms with van der Waals surface area (Å²) in [7, 11) is 0. The van der Waals surface area contributed by atoms with Crippen LogP contribution in [0.3, 0.4) is 0 Å². The molecule has 0 radical (unpaired) electrons. The zero-order valence-electron chi connectivity index (χ0n) is 12.9. The molecule has 0 N–H and O–H groups in total. The third kappa shape index (κ3) is 2.99. The summed E-state index contributed by atoms with van der Waals surface area (Å²) < 4.78 is 11.8. The lowest BCUT2D eigenvalue weighted by molar-refractivity contribution is -0.130. The number of aromatic nitrogens is 2. The molecule has 7 heteroatoms. The minimum absolute atomic E-state index is 0.0273. The van der Waals surface area contributed by atoms with E-state index in [0.717, 1.165) is 70.4 Å². The Hall–Kier alpha value is -0.760. The number of rotatable bonds is 2. The number of anilines is 1. The normalized spacial score (nSPS) is 31.7. The molecule has 0 amide bonds. The van der Waals surface area contributed by atoms with Gasteiger partial charge in [-0.15, -0.1) is 10.2 Å². The van der Waals surface area contributed by atoms with Gasteiger partial charge in [0.2, 0.25) is 5.13 Å². The van der Waals surface area contributed by atoms with E-state index >= 15 is 0 Å². The van der Waals surface area contributed by atoms with Crippen LogP contribution >= 0.6 is 11.3 Å². The SMILES string of the molecule is c1nnc(N2CCC[C@]3(C2)CN(C2CCOCC2)CCO3)s1. The molecule has 4 heterocycles. The van der Waals surface area contributed by atoms with Crippen molar-refractivity contribution in [2.45, 2.75) is 37.3 Å². The van der Waals surface area contributed by atoms with Crippen molar-refractivity contribution in [3.8, 4) is 0 Å². The van der Waals surface area contributed by atoms with Gasteiger partial charge in [0, 0.05) is 38.9 Å². The maximum absolute atomic E-state index is 6.30. The number of piperidine rings is 1. The molecule has 1 spiro atoms. The molecule has 1 aromatic rings. The number of morpholine rings is 1. The van der Waals surface area contributed by atoms with E-state index in [0.29, 0.717) is 6.04 Å². The van der Waals surface area contributed by atoms with Gasteiger partial charge in [0.05, 0.1) is 18.8 Å². The summed E-state index contributed by atoms with van der Waals surface area (Å²) in [5, 5.41) is 9.25. The fraction of sp³-hybridized carbons (Fsp3) is 0.867. The molecular formula is C15H24N4O2S. The molecule has 3 aliphatic heterocycles. The van der Waals surface area contributed by atoms with Gasteiger partial charge in [-0.2, -0.15) is 0 Å². The van der Waals surface area contributed by atoms with Gasteiger partial charge in [0.15, 0.2) is 0 Å². The Morgan fingerprint density at radius 1 is 1.18 bits per heavy atom. The van der Waals surface area contributed by atoms with Crippen LogP contribution in [-0.4, -0.2) is 72.7 Å². The van der Waals surface area contributed by atoms with Crippen LogP contribution in [0.4, 0.5) is 5.13 Å². The summed E-state index contributed by atoms with van der Waals surface area (Å²) in [5.41, 5.74) is 1.78. The maximum atomic E-state index is 6.30. The average Bonchev–Trinajstić information content (AvgIpc) is 3.10. The second-order valence-electron chi connectivity index (χ2n) is 6.59. The van der Waals surface area contributed by atoms with Crippen molar-refractivity contribution in [3.63, 3.8) is 0 Å². The summed E-state index contributed by atoms with van der Waals surface area (Å²) in [6, 6.07) is 0.673. The lowest BCUT2D eigenvalue weighted by Crippen LogP contribution is -2.62. The van der Waals surface area contributed by atoms with Gasteiger partial charge in [-0.3, -0.25) is 4.90 Å². The lowest BCUT2D eigenvalue weighted by Gasteiger charge is -2.50. The van der Waals surface area contributed by atoms with E-state index in [1.165, 1.54) is 6.42 Å². The molecule has 122 valence electrons. The summed E-state index contributed by atoms with van der Waals surface area (Å²) in [6.45, 7) is 6.79. The fourth-order valence-electron chi connectivity index (χ4n) is 4.05. The van der Waals surface area contributed by atoms with Gasteiger partial charge < -0.3 is 14.4 Å². The predicted molar refractivity (Wildman–Crippen MR) is 85.5 cm³/mol. The van der Waals surface area contributed by atoms with Crippen LogP contribution in [0.15, 0.2) is 5.51 Å². The Bertz CT molecular complexity index is 476. The highest BCUT2D eigenvalue weighted by Gasteiger charge is 2.42. The van der Waals surface area contributed by atoms with Crippen LogP contribution in [0.5, 0.6) is 0 Å². The molecule has 0 bridgehead atoms. The highest BCUT2D eigenvalue weighted by Crippen LogP contribution is 2.33. The highest BCUT2D eigenvalue weighted by molar-refractivity contribution is 7.13. The van der Waals surface area contributed by atoms with E-state index in [4.69, 9.17) is 9.47 Å². The van der Waals surface area contributed by atoms with E-state index in [2.05, 4.69) is 20.0 Å². The first-order valence-electron chi connectivity index (χ1n) is 8.32. The van der Waals surface area contributed by atoms with E-state index < -0.39 is 0 Å². The number of hydrogen-bond acceptors (Lipinski definition) is 7. The zero-order chi connectivity index (χ0) is 14.8. The topological polar surface area (TPSA) is 50.7 Å². The summed E-state index contributed by atoms with van der Waals surface area (Å²) in [6.07, 6.45) is 4.65. The molecular weight excluding hydrogens is 300 g/mol. The van der Waals surface area contributed by atoms with Crippen molar-refractivity contribution < 1.29 is 9.47 Å². The highest BCUT2D eigenvalue weighted by atomic mass is 32.1. The molecule has 0 saturated carbocycles. The van der Waals surface area contributed by atoms with Gasteiger partial charge >= 0.3 is 0 Å². The van der Waals surface area contributed by atoms with Crippen molar-refractivity contribution in [2.24, 2.45) is 0 Å². The summed E-state index contributed by atoms with van der Waals surface area (Å²) in [5.74, 6) is 0. The van der Waals surface area contributed by atoms with Crippen LogP contribution in [0.2, 0.25) is 0 Å². The lowest BCUT2D eigenvalue weighted by atomic mass is 9.89. The van der Waals surface area contributed by atoms with Gasteiger partial charge in [0.25, 0.3) is 0 Å². The summed E-state index contributed by atoms with van der Waals surface area (Å²) in [4.78, 5) is 5.00. The van der Waals surface area contributed by atoms with E-state index in [-0.39, 0.29) is 5.60 Å².